The van der Waals surface area contributed by atoms with Crippen LogP contribution in [0.25, 0.3) is 0 Å². The molecule has 7 heteroatoms. The molecule has 0 spiro atoms. The Morgan fingerprint density at radius 3 is 2.62 bits per heavy atom. The highest BCUT2D eigenvalue weighted by Crippen LogP contribution is 2.27. The van der Waals surface area contributed by atoms with E-state index in [9.17, 15) is 4.79 Å². The summed E-state index contributed by atoms with van der Waals surface area (Å²) in [5.41, 5.74) is 5.43. The zero-order chi connectivity index (χ0) is 22.2. The SMILES string of the molecule is Cc1ncsc1CN1CCCN(Cc2ccncc2)C(c2ccccc2)CC(=O)NCC1. The van der Waals surface area contributed by atoms with Crippen molar-refractivity contribution in [3.05, 3.63) is 82.1 Å². The first-order valence-electron chi connectivity index (χ1n) is 11.2. The van der Waals surface area contributed by atoms with E-state index in [1.54, 1.807) is 11.3 Å². The highest BCUT2D eigenvalue weighted by atomic mass is 32.1. The van der Waals surface area contributed by atoms with Gasteiger partial charge in [-0.25, -0.2) is 4.98 Å². The molecule has 6 nitrogen and oxygen atoms in total. The van der Waals surface area contributed by atoms with Crippen molar-refractivity contribution >= 4 is 17.2 Å². The molecule has 1 saturated heterocycles. The third kappa shape index (κ3) is 6.22. The van der Waals surface area contributed by atoms with Crippen molar-refractivity contribution < 1.29 is 4.79 Å². The number of carbonyl (C=O) groups is 1. The van der Waals surface area contributed by atoms with E-state index in [4.69, 9.17) is 0 Å². The fourth-order valence-electron chi connectivity index (χ4n) is 4.25. The maximum atomic E-state index is 12.9. The van der Waals surface area contributed by atoms with Gasteiger partial charge in [0.1, 0.15) is 0 Å². The summed E-state index contributed by atoms with van der Waals surface area (Å²) in [6.45, 7) is 7.18. The van der Waals surface area contributed by atoms with Gasteiger partial charge in [0.2, 0.25) is 5.91 Å². The number of hydrogen-bond donors (Lipinski definition) is 1. The van der Waals surface area contributed by atoms with Gasteiger partial charge in [0.25, 0.3) is 0 Å². The van der Waals surface area contributed by atoms with E-state index < -0.39 is 0 Å². The van der Waals surface area contributed by atoms with Crippen LogP contribution < -0.4 is 5.32 Å². The molecule has 1 aliphatic rings. The first-order chi connectivity index (χ1) is 15.7. The van der Waals surface area contributed by atoms with Crippen LogP contribution in [-0.2, 0) is 17.9 Å². The summed E-state index contributed by atoms with van der Waals surface area (Å²) in [6, 6.07) is 14.6. The highest BCUT2D eigenvalue weighted by molar-refractivity contribution is 7.09. The van der Waals surface area contributed by atoms with Gasteiger partial charge < -0.3 is 5.32 Å². The van der Waals surface area contributed by atoms with Gasteiger partial charge in [0, 0.05) is 62.5 Å². The second-order valence-corrected chi connectivity index (χ2v) is 9.24. The second kappa shape index (κ2) is 11.3. The van der Waals surface area contributed by atoms with Crippen LogP contribution in [0, 0.1) is 6.92 Å². The smallest absolute Gasteiger partial charge is 0.221 e. The molecule has 1 fully saturated rings. The number of hydrogen-bond acceptors (Lipinski definition) is 6. The van der Waals surface area contributed by atoms with Crippen molar-refractivity contribution in [3.63, 3.8) is 0 Å². The molecule has 1 aromatic carbocycles. The number of rotatable bonds is 5. The summed E-state index contributed by atoms with van der Waals surface area (Å²) in [4.78, 5) is 27.7. The lowest BCUT2D eigenvalue weighted by atomic mass is 10.00. The first-order valence-corrected chi connectivity index (χ1v) is 12.1. The second-order valence-electron chi connectivity index (χ2n) is 8.30. The quantitative estimate of drug-likeness (QED) is 0.642. The summed E-state index contributed by atoms with van der Waals surface area (Å²) in [7, 11) is 0. The molecule has 3 heterocycles. The molecule has 2 aromatic heterocycles. The van der Waals surface area contributed by atoms with Crippen molar-refractivity contribution in [1.82, 2.24) is 25.1 Å². The molecule has 0 bridgehead atoms. The van der Waals surface area contributed by atoms with Gasteiger partial charge in [-0.15, -0.1) is 11.3 Å². The Hall–Kier alpha value is -2.61. The van der Waals surface area contributed by atoms with Crippen LogP contribution in [0.1, 0.15) is 40.6 Å². The van der Waals surface area contributed by atoms with Crippen molar-refractivity contribution in [2.75, 3.05) is 26.2 Å². The Bertz CT molecular complexity index is 978. The molecule has 168 valence electrons. The number of nitrogens with one attached hydrogen (secondary N) is 1. The monoisotopic (exact) mass is 449 g/mol. The molecule has 3 aromatic rings. The summed E-state index contributed by atoms with van der Waals surface area (Å²) in [5, 5.41) is 3.16. The number of nitrogens with zero attached hydrogens (tertiary/aromatic N) is 4. The Balaban J connectivity index is 1.55. The fraction of sp³-hybridized carbons (Fsp3) is 0.400. The normalized spacial score (nSPS) is 19.3. The third-order valence-corrected chi connectivity index (χ3v) is 6.94. The third-order valence-electron chi connectivity index (χ3n) is 6.02. The number of aryl methyl sites for hydroxylation is 1. The summed E-state index contributed by atoms with van der Waals surface area (Å²) < 4.78 is 0. The number of benzene rings is 1. The van der Waals surface area contributed by atoms with Gasteiger partial charge in [-0.05, 0) is 43.1 Å². The minimum Gasteiger partial charge on any atom is -0.355 e. The minimum absolute atomic E-state index is 0.0413. The van der Waals surface area contributed by atoms with E-state index in [2.05, 4.69) is 68.4 Å². The predicted octanol–water partition coefficient (Wildman–Crippen LogP) is 3.80. The summed E-state index contributed by atoms with van der Waals surface area (Å²) in [5.74, 6) is 0.106. The Morgan fingerprint density at radius 2 is 1.88 bits per heavy atom. The fourth-order valence-corrected chi connectivity index (χ4v) is 5.07. The van der Waals surface area contributed by atoms with Crippen LogP contribution in [0.3, 0.4) is 0 Å². The van der Waals surface area contributed by atoms with Crippen LogP contribution in [0.2, 0.25) is 0 Å². The molecule has 1 aliphatic heterocycles. The van der Waals surface area contributed by atoms with E-state index >= 15 is 0 Å². The van der Waals surface area contributed by atoms with Crippen molar-refractivity contribution in [1.29, 1.82) is 0 Å². The number of thiazole rings is 1. The molecule has 1 atom stereocenters. The standard InChI is InChI=1S/C25H31N5OS/c1-20-24(32-19-28-20)18-29-13-5-14-30(17-21-8-10-26-11-9-21)23(16-25(31)27-12-15-29)22-6-3-2-4-7-22/h2-4,6-11,19,23H,5,12-18H2,1H3,(H,27,31). The largest absolute Gasteiger partial charge is 0.355 e. The lowest BCUT2D eigenvalue weighted by Crippen LogP contribution is -2.35. The van der Waals surface area contributed by atoms with Gasteiger partial charge in [-0.3, -0.25) is 19.6 Å². The lowest BCUT2D eigenvalue weighted by Gasteiger charge is -2.32. The minimum atomic E-state index is 0.0413. The van der Waals surface area contributed by atoms with E-state index in [-0.39, 0.29) is 11.9 Å². The van der Waals surface area contributed by atoms with Crippen molar-refractivity contribution in [2.24, 2.45) is 0 Å². The Labute approximate surface area is 194 Å². The first kappa shape index (κ1) is 22.6. The number of amides is 1. The van der Waals surface area contributed by atoms with E-state index in [0.717, 1.165) is 44.8 Å². The Morgan fingerprint density at radius 1 is 1.06 bits per heavy atom. The van der Waals surface area contributed by atoms with Crippen molar-refractivity contribution in [2.45, 2.75) is 38.9 Å². The average molecular weight is 450 g/mol. The molecular weight excluding hydrogens is 418 g/mol. The van der Waals surface area contributed by atoms with Crippen LogP contribution in [0.5, 0.6) is 0 Å². The molecular formula is C25H31N5OS. The van der Waals surface area contributed by atoms with Crippen LogP contribution in [0.15, 0.2) is 60.4 Å². The zero-order valence-corrected chi connectivity index (χ0v) is 19.4. The van der Waals surface area contributed by atoms with E-state index in [0.29, 0.717) is 13.0 Å². The summed E-state index contributed by atoms with van der Waals surface area (Å²) >= 11 is 1.71. The van der Waals surface area contributed by atoms with Crippen molar-refractivity contribution in [3.8, 4) is 0 Å². The van der Waals surface area contributed by atoms with Gasteiger partial charge in [-0.2, -0.15) is 0 Å². The maximum Gasteiger partial charge on any atom is 0.221 e. The lowest BCUT2D eigenvalue weighted by molar-refractivity contribution is -0.122. The highest BCUT2D eigenvalue weighted by Gasteiger charge is 2.24. The molecule has 0 radical (unpaired) electrons. The average Bonchev–Trinajstić information content (AvgIpc) is 3.20. The number of pyridine rings is 1. The van der Waals surface area contributed by atoms with E-state index in [1.807, 2.05) is 24.0 Å². The molecule has 4 rings (SSSR count). The molecule has 1 amide bonds. The zero-order valence-electron chi connectivity index (χ0n) is 18.6. The molecule has 1 N–H and O–H groups in total. The molecule has 1 unspecified atom stereocenters. The van der Waals surface area contributed by atoms with E-state index in [1.165, 1.54) is 16.0 Å². The Kier molecular flexibility index (Phi) is 7.98. The van der Waals surface area contributed by atoms with Gasteiger partial charge in [0.05, 0.1) is 11.2 Å². The van der Waals surface area contributed by atoms with Crippen LogP contribution in [-0.4, -0.2) is 51.9 Å². The maximum absolute atomic E-state index is 12.9. The molecule has 0 saturated carbocycles. The van der Waals surface area contributed by atoms with Gasteiger partial charge in [0.15, 0.2) is 0 Å². The summed E-state index contributed by atoms with van der Waals surface area (Å²) in [6.07, 6.45) is 5.18. The van der Waals surface area contributed by atoms with Crippen LogP contribution in [0.4, 0.5) is 0 Å². The van der Waals surface area contributed by atoms with Crippen LogP contribution >= 0.6 is 11.3 Å². The topological polar surface area (TPSA) is 61.4 Å². The molecule has 32 heavy (non-hydrogen) atoms. The number of aromatic nitrogens is 2. The molecule has 0 aliphatic carbocycles. The predicted molar refractivity (Wildman–Crippen MR) is 128 cm³/mol. The number of carbonyl (C=O) groups excluding carboxylic acids is 1. The van der Waals surface area contributed by atoms with Gasteiger partial charge >= 0.3 is 0 Å². The van der Waals surface area contributed by atoms with Gasteiger partial charge in [-0.1, -0.05) is 30.3 Å².